The van der Waals surface area contributed by atoms with Crippen LogP contribution in [0.5, 0.6) is 0 Å². The summed E-state index contributed by atoms with van der Waals surface area (Å²) in [7, 11) is 0. The molecule has 0 amide bonds. The van der Waals surface area contributed by atoms with Crippen LogP contribution in [0.2, 0.25) is 0 Å². The van der Waals surface area contributed by atoms with E-state index in [0.29, 0.717) is 11.9 Å². The van der Waals surface area contributed by atoms with E-state index >= 15 is 0 Å². The summed E-state index contributed by atoms with van der Waals surface area (Å²) < 4.78 is 0. The summed E-state index contributed by atoms with van der Waals surface area (Å²) in [5.41, 5.74) is 8.31. The number of hydrogen-bond donors (Lipinski definition) is 1. The minimum atomic E-state index is 0.684. The van der Waals surface area contributed by atoms with Gasteiger partial charge < -0.3 is 5.73 Å². The van der Waals surface area contributed by atoms with E-state index in [1.165, 1.54) is 43.2 Å². The highest BCUT2D eigenvalue weighted by molar-refractivity contribution is 5.81. The Bertz CT molecular complexity index is 594. The summed E-state index contributed by atoms with van der Waals surface area (Å²) >= 11 is 0. The van der Waals surface area contributed by atoms with Crippen molar-refractivity contribution in [3.05, 3.63) is 35.9 Å². The zero-order valence-electron chi connectivity index (χ0n) is 12.2. The van der Waals surface area contributed by atoms with Crippen LogP contribution in [0.1, 0.15) is 38.2 Å². The summed E-state index contributed by atoms with van der Waals surface area (Å²) in [4.78, 5) is 7.12. The van der Waals surface area contributed by atoms with Crippen molar-refractivity contribution < 1.29 is 0 Å². The van der Waals surface area contributed by atoms with E-state index in [-0.39, 0.29) is 0 Å². The molecule has 3 heteroatoms. The SMILES string of the molecule is CCC1CCCCN1Cc1cc2ccccc2nc1N. The number of rotatable bonds is 3. The largest absolute Gasteiger partial charge is 0.383 e. The van der Waals surface area contributed by atoms with Gasteiger partial charge in [-0.25, -0.2) is 4.98 Å². The monoisotopic (exact) mass is 269 g/mol. The van der Waals surface area contributed by atoms with Crippen LogP contribution in [0, 0.1) is 0 Å². The van der Waals surface area contributed by atoms with Crippen LogP contribution in [0.25, 0.3) is 10.9 Å². The molecule has 1 aliphatic rings. The average Bonchev–Trinajstić information content (AvgIpc) is 2.48. The van der Waals surface area contributed by atoms with Crippen LogP contribution < -0.4 is 5.73 Å². The topological polar surface area (TPSA) is 42.2 Å². The average molecular weight is 269 g/mol. The van der Waals surface area contributed by atoms with Gasteiger partial charge in [0.2, 0.25) is 0 Å². The molecule has 3 rings (SSSR count). The van der Waals surface area contributed by atoms with Crippen molar-refractivity contribution in [2.45, 2.75) is 45.2 Å². The summed E-state index contributed by atoms with van der Waals surface area (Å²) in [6.45, 7) is 4.40. The first-order valence-electron chi connectivity index (χ1n) is 7.66. The molecule has 106 valence electrons. The first-order valence-corrected chi connectivity index (χ1v) is 7.66. The smallest absolute Gasteiger partial charge is 0.128 e. The second-order valence-electron chi connectivity index (χ2n) is 5.75. The molecule has 0 radical (unpaired) electrons. The summed E-state index contributed by atoms with van der Waals surface area (Å²) in [6, 6.07) is 11.1. The van der Waals surface area contributed by atoms with Gasteiger partial charge in [0.25, 0.3) is 0 Å². The quantitative estimate of drug-likeness (QED) is 0.926. The van der Waals surface area contributed by atoms with E-state index in [0.717, 1.165) is 12.1 Å². The number of nitrogens with two attached hydrogens (primary N) is 1. The van der Waals surface area contributed by atoms with Gasteiger partial charge in [0.15, 0.2) is 0 Å². The van der Waals surface area contributed by atoms with Crippen molar-refractivity contribution in [1.82, 2.24) is 9.88 Å². The molecule has 1 atom stereocenters. The first kappa shape index (κ1) is 13.4. The van der Waals surface area contributed by atoms with Crippen molar-refractivity contribution in [3.8, 4) is 0 Å². The van der Waals surface area contributed by atoms with Crippen LogP contribution in [0.15, 0.2) is 30.3 Å². The molecule has 1 saturated heterocycles. The second kappa shape index (κ2) is 5.80. The Morgan fingerprint density at radius 3 is 3.00 bits per heavy atom. The van der Waals surface area contributed by atoms with Crippen LogP contribution in [0.3, 0.4) is 0 Å². The number of para-hydroxylation sites is 1. The van der Waals surface area contributed by atoms with Gasteiger partial charge in [-0.2, -0.15) is 0 Å². The molecule has 1 aliphatic heterocycles. The zero-order chi connectivity index (χ0) is 13.9. The van der Waals surface area contributed by atoms with E-state index in [1.807, 2.05) is 12.1 Å². The number of piperidine rings is 1. The lowest BCUT2D eigenvalue weighted by molar-refractivity contribution is 0.136. The van der Waals surface area contributed by atoms with Gasteiger partial charge in [0.1, 0.15) is 5.82 Å². The molecule has 0 bridgehead atoms. The zero-order valence-corrected chi connectivity index (χ0v) is 12.2. The van der Waals surface area contributed by atoms with E-state index in [4.69, 9.17) is 5.73 Å². The molecule has 3 nitrogen and oxygen atoms in total. The molecule has 1 aromatic carbocycles. The van der Waals surface area contributed by atoms with Crippen LogP contribution in [0.4, 0.5) is 5.82 Å². The normalized spacial score (nSPS) is 20.4. The van der Waals surface area contributed by atoms with Crippen molar-refractivity contribution in [1.29, 1.82) is 0 Å². The Morgan fingerprint density at radius 2 is 2.15 bits per heavy atom. The predicted molar refractivity (Wildman–Crippen MR) is 84.5 cm³/mol. The van der Waals surface area contributed by atoms with Crippen LogP contribution >= 0.6 is 0 Å². The molecule has 0 aliphatic carbocycles. The summed E-state index contributed by atoms with van der Waals surface area (Å²) in [6.07, 6.45) is 5.20. The molecule has 0 spiro atoms. The number of nitrogens with zero attached hydrogens (tertiary/aromatic N) is 2. The Hall–Kier alpha value is -1.61. The minimum absolute atomic E-state index is 0.684. The fourth-order valence-electron chi connectivity index (χ4n) is 3.25. The summed E-state index contributed by atoms with van der Waals surface area (Å²) in [5.74, 6) is 0.684. The van der Waals surface area contributed by atoms with Gasteiger partial charge in [-0.3, -0.25) is 4.90 Å². The third-order valence-electron chi connectivity index (χ3n) is 4.43. The fourth-order valence-corrected chi connectivity index (χ4v) is 3.25. The van der Waals surface area contributed by atoms with E-state index in [1.54, 1.807) is 0 Å². The molecule has 20 heavy (non-hydrogen) atoms. The van der Waals surface area contributed by atoms with E-state index in [2.05, 4.69) is 35.0 Å². The van der Waals surface area contributed by atoms with Crippen LogP contribution in [-0.4, -0.2) is 22.5 Å². The third kappa shape index (κ3) is 2.63. The number of hydrogen-bond acceptors (Lipinski definition) is 3. The molecule has 2 aromatic rings. The molecule has 1 fully saturated rings. The predicted octanol–water partition coefficient (Wildman–Crippen LogP) is 3.58. The number of nitrogen functional groups attached to an aromatic ring is 1. The van der Waals surface area contributed by atoms with Gasteiger partial charge in [-0.15, -0.1) is 0 Å². The lowest BCUT2D eigenvalue weighted by Crippen LogP contribution is -2.38. The number of likely N-dealkylation sites (tertiary alicyclic amines) is 1. The summed E-state index contributed by atoms with van der Waals surface area (Å²) in [5, 5.41) is 1.18. The highest BCUT2D eigenvalue weighted by Crippen LogP contribution is 2.25. The molecule has 0 saturated carbocycles. The number of pyridine rings is 1. The Balaban J connectivity index is 1.87. The lowest BCUT2D eigenvalue weighted by Gasteiger charge is -2.35. The maximum Gasteiger partial charge on any atom is 0.128 e. The van der Waals surface area contributed by atoms with Gasteiger partial charge in [0, 0.05) is 23.5 Å². The van der Waals surface area contributed by atoms with Crippen molar-refractivity contribution in [2.24, 2.45) is 0 Å². The molecular formula is C17H23N3. The van der Waals surface area contributed by atoms with Gasteiger partial charge in [0.05, 0.1) is 5.52 Å². The number of benzene rings is 1. The van der Waals surface area contributed by atoms with Gasteiger partial charge in [-0.1, -0.05) is 31.5 Å². The standard InChI is InChI=1S/C17H23N3/c1-2-15-8-5-6-10-20(15)12-14-11-13-7-3-4-9-16(13)19-17(14)18/h3-4,7,9,11,15H,2,5-6,8,10,12H2,1H3,(H2,18,19). The maximum absolute atomic E-state index is 6.15. The fraction of sp³-hybridized carbons (Fsp3) is 0.471. The van der Waals surface area contributed by atoms with Crippen molar-refractivity contribution in [3.63, 3.8) is 0 Å². The van der Waals surface area contributed by atoms with Crippen molar-refractivity contribution in [2.75, 3.05) is 12.3 Å². The molecule has 1 aromatic heterocycles. The van der Waals surface area contributed by atoms with Crippen molar-refractivity contribution >= 4 is 16.7 Å². The second-order valence-corrected chi connectivity index (χ2v) is 5.75. The lowest BCUT2D eigenvalue weighted by atomic mass is 9.99. The first-order chi connectivity index (χ1) is 9.78. The van der Waals surface area contributed by atoms with Crippen LogP contribution in [-0.2, 0) is 6.54 Å². The van der Waals surface area contributed by atoms with E-state index < -0.39 is 0 Å². The number of anilines is 1. The Morgan fingerprint density at radius 1 is 1.30 bits per heavy atom. The highest BCUT2D eigenvalue weighted by atomic mass is 15.2. The number of fused-ring (bicyclic) bond motifs is 1. The van der Waals surface area contributed by atoms with Gasteiger partial charge >= 0.3 is 0 Å². The number of aromatic nitrogens is 1. The molecule has 1 unspecified atom stereocenters. The maximum atomic E-state index is 6.15. The minimum Gasteiger partial charge on any atom is -0.383 e. The Kier molecular flexibility index (Phi) is 3.88. The molecule has 2 N–H and O–H groups in total. The highest BCUT2D eigenvalue weighted by Gasteiger charge is 2.21. The Labute approximate surface area is 120 Å². The molecule has 2 heterocycles. The molecular weight excluding hydrogens is 246 g/mol. The van der Waals surface area contributed by atoms with Gasteiger partial charge in [-0.05, 0) is 37.9 Å². The third-order valence-corrected chi connectivity index (χ3v) is 4.43. The van der Waals surface area contributed by atoms with E-state index in [9.17, 15) is 0 Å².